The van der Waals surface area contributed by atoms with Crippen LogP contribution >= 0.6 is 12.4 Å². The molecule has 27 heavy (non-hydrogen) atoms. The van der Waals surface area contributed by atoms with Crippen molar-refractivity contribution in [3.63, 3.8) is 0 Å². The highest BCUT2D eigenvalue weighted by Crippen LogP contribution is 2.20. The van der Waals surface area contributed by atoms with Crippen molar-refractivity contribution in [1.29, 1.82) is 0 Å². The minimum absolute atomic E-state index is 0. The van der Waals surface area contributed by atoms with Gasteiger partial charge in [-0.15, -0.1) is 12.4 Å². The number of rotatable bonds is 5. The van der Waals surface area contributed by atoms with E-state index in [0.29, 0.717) is 12.1 Å². The number of halogens is 1. The lowest BCUT2D eigenvalue weighted by Crippen LogP contribution is -2.46. The van der Waals surface area contributed by atoms with Crippen LogP contribution in [0.1, 0.15) is 41.2 Å². The van der Waals surface area contributed by atoms with Crippen molar-refractivity contribution in [3.05, 3.63) is 71.8 Å². The highest BCUT2D eigenvalue weighted by atomic mass is 35.5. The highest BCUT2D eigenvalue weighted by Gasteiger charge is 2.25. The molecule has 2 atom stereocenters. The molecule has 5 nitrogen and oxygen atoms in total. The van der Waals surface area contributed by atoms with E-state index in [-0.39, 0.29) is 42.7 Å². The van der Waals surface area contributed by atoms with Crippen molar-refractivity contribution in [2.24, 2.45) is 5.73 Å². The first-order valence-corrected chi connectivity index (χ1v) is 9.07. The maximum Gasteiger partial charge on any atom is 0.251 e. The fourth-order valence-corrected chi connectivity index (χ4v) is 3.31. The monoisotopic (exact) mass is 387 g/mol. The summed E-state index contributed by atoms with van der Waals surface area (Å²) in [5.74, 6) is -0.148. The van der Waals surface area contributed by atoms with Gasteiger partial charge in [0.1, 0.15) is 0 Å². The molecule has 2 aromatic carbocycles. The number of likely N-dealkylation sites (tertiary alicyclic amines) is 1. The normalized spacial score (nSPS) is 17.5. The lowest BCUT2D eigenvalue weighted by molar-refractivity contribution is -0.132. The van der Waals surface area contributed by atoms with Crippen LogP contribution < -0.4 is 11.1 Å². The van der Waals surface area contributed by atoms with Gasteiger partial charge in [-0.05, 0) is 30.5 Å². The molecule has 0 bridgehead atoms. The summed E-state index contributed by atoms with van der Waals surface area (Å²) in [4.78, 5) is 27.2. The summed E-state index contributed by atoms with van der Waals surface area (Å²) in [5.41, 5.74) is 7.50. The summed E-state index contributed by atoms with van der Waals surface area (Å²) in [6, 6.07) is 18.4. The van der Waals surface area contributed by atoms with Crippen LogP contribution in [-0.4, -0.2) is 35.8 Å². The molecule has 1 fully saturated rings. The van der Waals surface area contributed by atoms with Crippen LogP contribution in [0.4, 0.5) is 0 Å². The average molecular weight is 388 g/mol. The molecule has 3 N–H and O–H groups in total. The predicted octanol–water partition coefficient (Wildman–Crippen LogP) is 2.92. The number of amides is 2. The number of nitrogens with one attached hydrogen (secondary N) is 1. The lowest BCUT2D eigenvalue weighted by Gasteiger charge is -2.32. The quantitative estimate of drug-likeness (QED) is 0.828. The van der Waals surface area contributed by atoms with Crippen molar-refractivity contribution in [2.45, 2.75) is 31.3 Å². The Morgan fingerprint density at radius 2 is 1.70 bits per heavy atom. The number of nitrogens with zero attached hydrogens (tertiary/aromatic N) is 1. The fraction of sp³-hybridized carbons (Fsp3) is 0.333. The number of hydrogen-bond acceptors (Lipinski definition) is 3. The summed E-state index contributed by atoms with van der Waals surface area (Å²) in [5, 5.41) is 3.01. The van der Waals surface area contributed by atoms with Gasteiger partial charge in [0, 0.05) is 24.7 Å². The smallest absolute Gasteiger partial charge is 0.251 e. The van der Waals surface area contributed by atoms with Gasteiger partial charge in [0.15, 0.2) is 0 Å². The third-order valence-electron chi connectivity index (χ3n) is 4.73. The maximum absolute atomic E-state index is 12.8. The lowest BCUT2D eigenvalue weighted by atomic mass is 10.0. The van der Waals surface area contributed by atoms with Crippen LogP contribution in [0.5, 0.6) is 0 Å². The van der Waals surface area contributed by atoms with Crippen LogP contribution in [0.25, 0.3) is 0 Å². The summed E-state index contributed by atoms with van der Waals surface area (Å²) in [6.45, 7) is 1.33. The van der Waals surface area contributed by atoms with Gasteiger partial charge in [0.2, 0.25) is 5.91 Å². The van der Waals surface area contributed by atoms with E-state index in [1.165, 1.54) is 0 Å². The van der Waals surface area contributed by atoms with Crippen LogP contribution in [0.2, 0.25) is 0 Å². The molecule has 0 radical (unpaired) electrons. The van der Waals surface area contributed by atoms with Crippen LogP contribution in [-0.2, 0) is 4.79 Å². The van der Waals surface area contributed by atoms with E-state index in [1.54, 1.807) is 12.1 Å². The van der Waals surface area contributed by atoms with Crippen LogP contribution in [0.15, 0.2) is 60.7 Å². The summed E-state index contributed by atoms with van der Waals surface area (Å²) in [7, 11) is 0. The zero-order valence-electron chi connectivity index (χ0n) is 15.2. The Morgan fingerprint density at radius 3 is 2.33 bits per heavy atom. The van der Waals surface area contributed by atoms with Crippen LogP contribution in [0, 0.1) is 0 Å². The highest BCUT2D eigenvalue weighted by molar-refractivity contribution is 5.94. The Bertz CT molecular complexity index is 740. The summed E-state index contributed by atoms with van der Waals surface area (Å²) < 4.78 is 0. The van der Waals surface area contributed by atoms with E-state index in [2.05, 4.69) is 5.32 Å². The van der Waals surface area contributed by atoms with Crippen LogP contribution in [0.3, 0.4) is 0 Å². The topological polar surface area (TPSA) is 75.4 Å². The molecular formula is C21H26ClN3O2. The van der Waals surface area contributed by atoms with Gasteiger partial charge in [-0.1, -0.05) is 48.5 Å². The number of carbonyl (C=O) groups excluding carboxylic acids is 2. The van der Waals surface area contributed by atoms with E-state index in [4.69, 9.17) is 5.73 Å². The van der Waals surface area contributed by atoms with Crippen molar-refractivity contribution >= 4 is 24.2 Å². The molecule has 2 unspecified atom stereocenters. The number of nitrogens with two attached hydrogens (primary N) is 1. The van der Waals surface area contributed by atoms with Gasteiger partial charge in [-0.2, -0.15) is 0 Å². The SMILES string of the molecule is Cl.NC1CCCN(C(=O)CC(NC(=O)c2ccccc2)c2ccccc2)C1. The first kappa shape index (κ1) is 20.9. The minimum atomic E-state index is -0.366. The molecule has 1 aliphatic rings. The fourth-order valence-electron chi connectivity index (χ4n) is 3.31. The Balaban J connectivity index is 0.00000261. The molecule has 0 aliphatic carbocycles. The number of piperidine rings is 1. The second kappa shape index (κ2) is 10.1. The molecule has 1 aliphatic heterocycles. The first-order chi connectivity index (χ1) is 12.6. The Labute approximate surface area is 166 Å². The molecule has 0 saturated carbocycles. The summed E-state index contributed by atoms with van der Waals surface area (Å²) in [6.07, 6.45) is 2.12. The number of carbonyl (C=O) groups is 2. The second-order valence-electron chi connectivity index (χ2n) is 6.75. The summed E-state index contributed by atoms with van der Waals surface area (Å²) >= 11 is 0. The zero-order chi connectivity index (χ0) is 18.4. The third kappa shape index (κ3) is 5.81. The van der Waals surface area contributed by atoms with Crippen molar-refractivity contribution in [1.82, 2.24) is 10.2 Å². The van der Waals surface area contributed by atoms with E-state index >= 15 is 0 Å². The van der Waals surface area contributed by atoms with Gasteiger partial charge in [0.25, 0.3) is 5.91 Å². The molecule has 1 saturated heterocycles. The number of hydrogen-bond donors (Lipinski definition) is 2. The van der Waals surface area contributed by atoms with Gasteiger partial charge in [0.05, 0.1) is 12.5 Å². The van der Waals surface area contributed by atoms with Gasteiger partial charge >= 0.3 is 0 Å². The Kier molecular flexibility index (Phi) is 7.82. The molecular weight excluding hydrogens is 362 g/mol. The van der Waals surface area contributed by atoms with Gasteiger partial charge in [-0.3, -0.25) is 9.59 Å². The third-order valence-corrected chi connectivity index (χ3v) is 4.73. The average Bonchev–Trinajstić information content (AvgIpc) is 2.68. The Morgan fingerprint density at radius 1 is 1.07 bits per heavy atom. The van der Waals surface area contributed by atoms with E-state index in [1.807, 2.05) is 53.4 Å². The second-order valence-corrected chi connectivity index (χ2v) is 6.75. The van der Waals surface area contributed by atoms with Crippen molar-refractivity contribution < 1.29 is 9.59 Å². The largest absolute Gasteiger partial charge is 0.345 e. The van der Waals surface area contributed by atoms with Gasteiger partial charge in [-0.25, -0.2) is 0 Å². The van der Waals surface area contributed by atoms with E-state index in [9.17, 15) is 9.59 Å². The molecule has 2 amide bonds. The molecule has 3 rings (SSSR count). The molecule has 1 heterocycles. The standard InChI is InChI=1S/C21H25N3O2.ClH/c22-18-12-7-13-24(15-18)20(25)14-19(16-8-3-1-4-9-16)23-21(26)17-10-5-2-6-11-17;/h1-6,8-11,18-19H,7,12-15,22H2,(H,23,26);1H. The molecule has 6 heteroatoms. The number of benzene rings is 2. The molecule has 144 valence electrons. The van der Waals surface area contributed by atoms with Crippen molar-refractivity contribution in [3.8, 4) is 0 Å². The zero-order valence-corrected chi connectivity index (χ0v) is 16.0. The van der Waals surface area contributed by atoms with Gasteiger partial charge < -0.3 is 16.0 Å². The van der Waals surface area contributed by atoms with E-state index in [0.717, 1.165) is 24.9 Å². The Hall–Kier alpha value is -2.37. The van der Waals surface area contributed by atoms with Crippen molar-refractivity contribution in [2.75, 3.05) is 13.1 Å². The first-order valence-electron chi connectivity index (χ1n) is 9.07. The molecule has 0 aromatic heterocycles. The van der Waals surface area contributed by atoms with E-state index < -0.39 is 0 Å². The predicted molar refractivity (Wildman–Crippen MR) is 109 cm³/mol. The maximum atomic E-state index is 12.8. The molecule has 0 spiro atoms. The minimum Gasteiger partial charge on any atom is -0.345 e. The molecule has 2 aromatic rings.